The maximum Gasteiger partial charge on any atom is 0.254 e. The Hall–Kier alpha value is -6.14. The molecule has 64 heavy (non-hydrogen) atoms. The predicted molar refractivity (Wildman–Crippen MR) is 234 cm³/mol. The van der Waals surface area contributed by atoms with Crippen LogP contribution in [0.5, 0.6) is 17.2 Å². The highest BCUT2D eigenvalue weighted by atomic mass is 16.7. The number of aromatic hydroxyl groups is 1. The second-order valence-corrected chi connectivity index (χ2v) is 18.0. The van der Waals surface area contributed by atoms with Gasteiger partial charge in [-0.15, -0.1) is 0 Å². The molecule has 0 radical (unpaired) electrons. The first-order valence-corrected chi connectivity index (χ1v) is 22.0. The van der Waals surface area contributed by atoms with E-state index in [1.165, 1.54) is 4.90 Å². The summed E-state index contributed by atoms with van der Waals surface area (Å²) in [5.41, 5.74) is 5.84. The third kappa shape index (κ3) is 5.63. The number of benzene rings is 3. The molecule has 324 valence electrons. The van der Waals surface area contributed by atoms with Crippen molar-refractivity contribution in [3.8, 4) is 29.3 Å². The van der Waals surface area contributed by atoms with Crippen LogP contribution in [0.25, 0.3) is 22.4 Å². The molecule has 3 aromatic rings. The van der Waals surface area contributed by atoms with Gasteiger partial charge in [0.1, 0.15) is 47.2 Å². The van der Waals surface area contributed by atoms with Crippen LogP contribution in [-0.2, 0) is 33.6 Å². The first-order chi connectivity index (χ1) is 31.2. The van der Waals surface area contributed by atoms with Crippen molar-refractivity contribution in [2.75, 3.05) is 26.9 Å². The fourth-order valence-corrected chi connectivity index (χ4v) is 11.7. The quantitative estimate of drug-likeness (QED) is 0.202. The predicted octanol–water partition coefficient (Wildman–Crippen LogP) is 5.16. The number of hydrogen-bond acceptors (Lipinski definition) is 12. The van der Waals surface area contributed by atoms with E-state index in [4.69, 9.17) is 23.7 Å². The highest BCUT2D eigenvalue weighted by Gasteiger charge is 2.59. The van der Waals surface area contributed by atoms with Crippen LogP contribution in [0, 0.1) is 24.4 Å². The van der Waals surface area contributed by atoms with Gasteiger partial charge in [0.15, 0.2) is 23.2 Å². The van der Waals surface area contributed by atoms with Crippen molar-refractivity contribution >= 4 is 40.3 Å². The lowest BCUT2D eigenvalue weighted by Crippen LogP contribution is -2.70. The number of aliphatic hydroxyl groups excluding tert-OH is 2. The third-order valence-electron chi connectivity index (χ3n) is 14.7. The van der Waals surface area contributed by atoms with E-state index >= 15 is 4.79 Å². The summed E-state index contributed by atoms with van der Waals surface area (Å²) in [5.74, 6) is 2.54. The molecule has 4 N–H and O–H groups in total. The van der Waals surface area contributed by atoms with Crippen LogP contribution in [0.1, 0.15) is 85.7 Å². The normalized spacial score (nSPS) is 30.5. The van der Waals surface area contributed by atoms with Crippen molar-refractivity contribution in [3.05, 3.63) is 116 Å². The van der Waals surface area contributed by atoms with Gasteiger partial charge < -0.3 is 49.0 Å². The number of aliphatic imine (C=N–C) groups is 1. The molecule has 8 bridgehead atoms. The standard InChI is InChI=1S/C51H44N2O11/c1-60-46-31-15-14-27-19-26-8-5-11-28(26)40-39(27)41(31)43-45(57)42(40)36(55)22-53-21-34-25(7-4-12-30(34)49(53)58)9-6-18-61-48-44(56)38-23-62-37(33-20-52-35-13-3-2-10-29(33)35)17-16-32(46)47(43)64-50(63-38)51(48,59)24-54/h2-4,7,10,12-13,16-17,19-20,26,28,37-38,44,48,50,54,56,59H,5,8-9,11,14-15,21-24H2,1H3/p+1. The first-order valence-electron chi connectivity index (χ1n) is 22.0. The molecular weight excluding hydrogens is 817 g/mol. The lowest BCUT2D eigenvalue weighted by molar-refractivity contribution is -0.327. The molecule has 13 nitrogen and oxygen atoms in total. The summed E-state index contributed by atoms with van der Waals surface area (Å²) in [5, 5.41) is 49.7. The van der Waals surface area contributed by atoms with Crippen molar-refractivity contribution in [2.45, 2.75) is 87.3 Å². The van der Waals surface area contributed by atoms with E-state index in [2.05, 4.69) is 23.1 Å². The summed E-state index contributed by atoms with van der Waals surface area (Å²) in [6.45, 7) is -1.34. The highest BCUT2D eigenvalue weighted by molar-refractivity contribution is 6.17. The molecule has 1 saturated carbocycles. The molecule has 4 aliphatic carbocycles. The smallest absolute Gasteiger partial charge is 0.254 e. The number of carbonyl (C=O) groups is 2. The number of nitrogens with zero attached hydrogens (tertiary/aromatic N) is 2. The zero-order valence-corrected chi connectivity index (χ0v) is 35.0. The Bertz CT molecular complexity index is 2870. The Kier molecular flexibility index (Phi) is 9.06. The van der Waals surface area contributed by atoms with Crippen LogP contribution in [0.2, 0.25) is 0 Å². The molecule has 13 heteroatoms. The molecule has 0 spiro atoms. The van der Waals surface area contributed by atoms with Crippen LogP contribution in [0.15, 0.2) is 70.4 Å². The van der Waals surface area contributed by atoms with E-state index in [1.54, 1.807) is 31.5 Å². The van der Waals surface area contributed by atoms with E-state index < -0.39 is 48.7 Å². The van der Waals surface area contributed by atoms with Gasteiger partial charge in [-0.2, -0.15) is 4.99 Å². The molecule has 8 atom stereocenters. The minimum absolute atomic E-state index is 0.00870. The Balaban J connectivity index is 1.16. The molecule has 8 unspecified atom stereocenters. The van der Waals surface area contributed by atoms with Crippen LogP contribution in [0.3, 0.4) is 0 Å². The maximum atomic E-state index is 15.3. The van der Waals surface area contributed by atoms with Gasteiger partial charge in [0.25, 0.3) is 5.91 Å². The van der Waals surface area contributed by atoms with Gasteiger partial charge in [-0.1, -0.05) is 30.6 Å². The summed E-state index contributed by atoms with van der Waals surface area (Å²) in [7, 11) is 1.57. The molecule has 0 aromatic heterocycles. The van der Waals surface area contributed by atoms with Crippen LogP contribution >= 0.6 is 0 Å². The number of phenols is 1. The molecular formula is C51H45N2O11+. The number of amides is 1. The molecule has 9 aliphatic rings. The van der Waals surface area contributed by atoms with E-state index in [1.807, 2.05) is 36.8 Å². The zero-order valence-electron chi connectivity index (χ0n) is 35.0. The van der Waals surface area contributed by atoms with Crippen molar-refractivity contribution in [1.29, 1.82) is 0 Å². The third-order valence-corrected chi connectivity index (χ3v) is 14.7. The Morgan fingerprint density at radius 3 is 2.86 bits per heavy atom. The SMILES string of the molecule is COc1c2c3c4c(O)c(c5c6c4c1CCC6=CC1CCCC51)C(=O)CN1Cc4c(cccc4C1=O)CC#COC1C(O)C(COC(C4=C5[CH+]C=CC=C5N=C4)C=C2)OC(O3)C1(O)CO. The average molecular weight is 862 g/mol. The van der Waals surface area contributed by atoms with E-state index in [0.717, 1.165) is 69.5 Å². The number of methoxy groups -OCH3 is 1. The summed E-state index contributed by atoms with van der Waals surface area (Å²) < 4.78 is 32.4. The van der Waals surface area contributed by atoms with Crippen molar-refractivity contribution in [1.82, 2.24) is 4.90 Å². The number of ether oxygens (including phenoxy) is 5. The number of aryl methyl sites for hydroxylation is 1. The van der Waals surface area contributed by atoms with Crippen LogP contribution < -0.4 is 9.47 Å². The van der Waals surface area contributed by atoms with Crippen molar-refractivity contribution in [3.63, 3.8) is 0 Å². The second kappa shape index (κ2) is 14.7. The zero-order chi connectivity index (χ0) is 43.6. The van der Waals surface area contributed by atoms with Gasteiger partial charge in [0, 0.05) is 54.1 Å². The summed E-state index contributed by atoms with van der Waals surface area (Å²) >= 11 is 0. The van der Waals surface area contributed by atoms with Gasteiger partial charge >= 0.3 is 0 Å². The van der Waals surface area contributed by atoms with Gasteiger partial charge in [0.2, 0.25) is 6.29 Å². The van der Waals surface area contributed by atoms with Crippen LogP contribution in [0.4, 0.5) is 0 Å². The molecule has 3 aromatic carbocycles. The van der Waals surface area contributed by atoms with E-state index in [-0.39, 0.29) is 66.3 Å². The van der Waals surface area contributed by atoms with Crippen molar-refractivity contribution in [2.24, 2.45) is 10.9 Å². The molecule has 1 amide bonds. The summed E-state index contributed by atoms with van der Waals surface area (Å²) in [4.78, 5) is 35.5. The minimum atomic E-state index is -2.45. The van der Waals surface area contributed by atoms with Crippen molar-refractivity contribution < 1.29 is 53.7 Å². The minimum Gasteiger partial charge on any atom is -0.506 e. The molecule has 2 fully saturated rings. The number of phenolic OH excluding ortho intramolecular Hbond substituents is 1. The van der Waals surface area contributed by atoms with E-state index in [9.17, 15) is 25.2 Å². The van der Waals surface area contributed by atoms with Gasteiger partial charge in [-0.25, -0.2) is 0 Å². The van der Waals surface area contributed by atoms with Gasteiger partial charge in [-0.3, -0.25) is 9.59 Å². The number of fused-ring (bicyclic) bond motifs is 8. The van der Waals surface area contributed by atoms with Crippen LogP contribution in [-0.4, -0.2) is 106 Å². The Labute approximate surface area is 368 Å². The molecule has 12 rings (SSSR count). The topological polar surface area (TPSA) is 177 Å². The summed E-state index contributed by atoms with van der Waals surface area (Å²) in [6, 6.07) is 5.36. The number of carbonyl (C=O) groups excluding carboxylic acids is 2. The monoisotopic (exact) mass is 861 g/mol. The molecule has 1 saturated heterocycles. The number of Topliss-reactive ketones (excluding diaryl/α,β-unsaturated/α-hetero) is 1. The van der Waals surface area contributed by atoms with Gasteiger partial charge in [-0.05, 0) is 83.6 Å². The number of ketones is 1. The molecule has 5 heterocycles. The average Bonchev–Trinajstić information content (AvgIpc) is 4.03. The maximum absolute atomic E-state index is 15.3. The summed E-state index contributed by atoms with van der Waals surface area (Å²) in [6.07, 6.45) is 15.1. The Morgan fingerprint density at radius 2 is 2.00 bits per heavy atom. The first kappa shape index (κ1) is 39.5. The lowest BCUT2D eigenvalue weighted by Gasteiger charge is -2.47. The molecule has 5 aliphatic heterocycles. The second-order valence-electron chi connectivity index (χ2n) is 18.0. The fourth-order valence-electron chi connectivity index (χ4n) is 11.7. The Morgan fingerprint density at radius 1 is 1.11 bits per heavy atom. The highest BCUT2D eigenvalue weighted by Crippen LogP contribution is 2.60. The number of allylic oxidation sites excluding steroid dienone is 6. The number of hydrogen-bond donors (Lipinski definition) is 4. The number of aliphatic hydroxyl groups is 3. The fraction of sp³-hybridized carbons (Fsp3) is 0.373. The number of rotatable bonds is 3. The van der Waals surface area contributed by atoms with Gasteiger partial charge in [0.05, 0.1) is 55.2 Å². The van der Waals surface area contributed by atoms with E-state index in [0.29, 0.717) is 35.1 Å². The lowest BCUT2D eigenvalue weighted by atomic mass is 9.69. The largest absolute Gasteiger partial charge is 0.506 e.